The van der Waals surface area contributed by atoms with Crippen LogP contribution in [-0.2, 0) is 18.4 Å². The number of nitrogens with one attached hydrogen (secondary N) is 1. The second-order valence-electron chi connectivity index (χ2n) is 18.8. The van der Waals surface area contributed by atoms with Crippen LogP contribution in [0.5, 0.6) is 0 Å². The summed E-state index contributed by atoms with van der Waals surface area (Å²) in [7, 11) is 1.54. The quantitative estimate of drug-likeness (QED) is 0.0243. The number of nitrogens with zero attached hydrogens (tertiary/aromatic N) is 1. The summed E-state index contributed by atoms with van der Waals surface area (Å²) in [4.78, 5) is 23.2. The first-order chi connectivity index (χ1) is 30.5. The van der Waals surface area contributed by atoms with Crippen LogP contribution in [-0.4, -0.2) is 73.4 Å². The minimum absolute atomic E-state index is 0.0522. The molecule has 0 aliphatic heterocycles. The predicted molar refractivity (Wildman–Crippen MR) is 272 cm³/mol. The van der Waals surface area contributed by atoms with E-state index in [1.54, 1.807) is 6.08 Å². The summed E-state index contributed by atoms with van der Waals surface area (Å²) >= 11 is 0. The minimum Gasteiger partial charge on any atom is -0.387 e. The first-order valence-electron chi connectivity index (χ1n) is 26.2. The lowest BCUT2D eigenvalue weighted by atomic mass is 10.0. The number of rotatable bonds is 47. The summed E-state index contributed by atoms with van der Waals surface area (Å²) in [6, 6.07) is -0.871. The van der Waals surface area contributed by atoms with Crippen molar-refractivity contribution in [2.45, 2.75) is 238 Å². The molecule has 0 saturated carbocycles. The van der Waals surface area contributed by atoms with Gasteiger partial charge in [0, 0.05) is 6.42 Å². The molecule has 0 fully saturated rings. The van der Waals surface area contributed by atoms with Crippen LogP contribution in [0.25, 0.3) is 0 Å². The van der Waals surface area contributed by atoms with E-state index in [0.717, 1.165) is 57.8 Å². The number of hydrogen-bond acceptors (Lipinski definition) is 5. The molecule has 9 heteroatoms. The van der Waals surface area contributed by atoms with Gasteiger partial charge in [-0.15, -0.1) is 0 Å². The molecule has 3 N–H and O–H groups in total. The molecule has 0 bridgehead atoms. The molecule has 0 aliphatic carbocycles. The SMILES string of the molecule is CC/C=C\C/C=C\CCCCCCCCCCCCCCCCC(=O)NC(COP(=O)(O)OCC[N+](C)(C)C)C(O)/C=C/CC/C=C/CC/C=C/CCCCCCCCCCCC. The standard InChI is InChI=1S/C54H101N2O6P/c1-6-8-10-12-14-16-18-20-22-24-26-28-30-32-34-36-38-40-42-44-46-48-54(58)55-52(51-62-63(59,60)61-50-49-56(3,4)5)53(57)47-45-43-41-39-37-35-33-31-29-27-25-23-21-19-17-15-13-11-9-7-2/h8,10,14,16,29,31,37,39,45,47,52-53,57H,6-7,9,11-13,15,17-28,30,32-36,38,40-44,46,48-51H2,1-5H3,(H-,55,58,59,60)/p+1/b10-8-,16-14-,31-29+,39-37+,47-45+. The third-order valence-corrected chi connectivity index (χ3v) is 12.4. The maximum absolute atomic E-state index is 12.9. The van der Waals surface area contributed by atoms with E-state index in [-0.39, 0.29) is 19.1 Å². The largest absolute Gasteiger partial charge is 0.472 e. The Labute approximate surface area is 390 Å². The van der Waals surface area contributed by atoms with Crippen molar-refractivity contribution in [1.82, 2.24) is 5.32 Å². The zero-order valence-corrected chi connectivity index (χ0v) is 42.7. The lowest BCUT2D eigenvalue weighted by Crippen LogP contribution is -2.45. The maximum atomic E-state index is 12.9. The molecule has 0 aromatic carbocycles. The van der Waals surface area contributed by atoms with Crippen LogP contribution in [0.4, 0.5) is 0 Å². The number of aliphatic hydroxyl groups excluding tert-OH is 1. The molecule has 0 aliphatic rings. The van der Waals surface area contributed by atoms with Gasteiger partial charge in [0.25, 0.3) is 0 Å². The van der Waals surface area contributed by atoms with Gasteiger partial charge in [-0.2, -0.15) is 0 Å². The lowest BCUT2D eigenvalue weighted by molar-refractivity contribution is -0.870. The molecule has 1 amide bonds. The van der Waals surface area contributed by atoms with Gasteiger partial charge in [0.1, 0.15) is 13.2 Å². The van der Waals surface area contributed by atoms with Gasteiger partial charge in [0.15, 0.2) is 0 Å². The molecule has 8 nitrogen and oxygen atoms in total. The van der Waals surface area contributed by atoms with Gasteiger partial charge in [-0.1, -0.05) is 209 Å². The van der Waals surface area contributed by atoms with Gasteiger partial charge in [-0.25, -0.2) is 4.57 Å². The van der Waals surface area contributed by atoms with Crippen molar-refractivity contribution in [2.24, 2.45) is 0 Å². The molecular weight excluding hydrogens is 804 g/mol. The van der Waals surface area contributed by atoms with Gasteiger partial charge in [0.05, 0.1) is 39.9 Å². The van der Waals surface area contributed by atoms with Crippen LogP contribution >= 0.6 is 7.82 Å². The van der Waals surface area contributed by atoms with Crippen LogP contribution in [0.3, 0.4) is 0 Å². The number of amides is 1. The first-order valence-corrected chi connectivity index (χ1v) is 27.7. The summed E-state index contributed by atoms with van der Waals surface area (Å²) in [6.07, 6.45) is 60.2. The second kappa shape index (κ2) is 45.4. The van der Waals surface area contributed by atoms with E-state index in [1.165, 1.54) is 148 Å². The Balaban J connectivity index is 4.36. The number of quaternary nitrogens is 1. The van der Waals surface area contributed by atoms with Crippen LogP contribution < -0.4 is 5.32 Å². The molecule has 0 radical (unpaired) electrons. The summed E-state index contributed by atoms with van der Waals surface area (Å²) in [5, 5.41) is 13.9. The molecule has 63 heavy (non-hydrogen) atoms. The smallest absolute Gasteiger partial charge is 0.387 e. The van der Waals surface area contributed by atoms with Crippen molar-refractivity contribution in [1.29, 1.82) is 0 Å². The monoisotopic (exact) mass is 906 g/mol. The average Bonchev–Trinajstić information content (AvgIpc) is 3.24. The number of unbranched alkanes of at least 4 members (excludes halogenated alkanes) is 26. The number of carbonyl (C=O) groups excluding carboxylic acids is 1. The first kappa shape index (κ1) is 61.2. The summed E-state index contributed by atoms with van der Waals surface area (Å²) in [5.41, 5.74) is 0. The fourth-order valence-corrected chi connectivity index (χ4v) is 8.08. The summed E-state index contributed by atoms with van der Waals surface area (Å²) in [6.45, 7) is 4.69. The van der Waals surface area contributed by atoms with Gasteiger partial charge < -0.3 is 19.8 Å². The van der Waals surface area contributed by atoms with Crippen LogP contribution in [0.1, 0.15) is 226 Å². The number of likely N-dealkylation sites (N-methyl/N-ethyl adjacent to an activating group) is 1. The van der Waals surface area contributed by atoms with Gasteiger partial charge >= 0.3 is 7.82 Å². The zero-order valence-electron chi connectivity index (χ0n) is 41.8. The van der Waals surface area contributed by atoms with E-state index in [1.807, 2.05) is 27.2 Å². The normalized spacial score (nSPS) is 14.6. The molecule has 0 aromatic heterocycles. The molecule has 368 valence electrons. The van der Waals surface area contributed by atoms with Crippen molar-refractivity contribution in [3.05, 3.63) is 60.8 Å². The maximum Gasteiger partial charge on any atom is 0.472 e. The van der Waals surface area contributed by atoms with Crippen LogP contribution in [0.15, 0.2) is 60.8 Å². The Morgan fingerprint density at radius 1 is 0.556 bits per heavy atom. The summed E-state index contributed by atoms with van der Waals surface area (Å²) in [5.74, 6) is -0.192. The number of hydrogen-bond donors (Lipinski definition) is 3. The molecule has 0 aromatic rings. The average molecular weight is 906 g/mol. The fourth-order valence-electron chi connectivity index (χ4n) is 7.35. The molecule has 0 saturated heterocycles. The van der Waals surface area contributed by atoms with Crippen molar-refractivity contribution in [3.63, 3.8) is 0 Å². The van der Waals surface area contributed by atoms with E-state index in [4.69, 9.17) is 9.05 Å². The number of carbonyl (C=O) groups is 1. The lowest BCUT2D eigenvalue weighted by Gasteiger charge is -2.25. The third kappa shape index (κ3) is 48.0. The number of phosphoric acid groups is 1. The van der Waals surface area contributed by atoms with Gasteiger partial charge in [-0.05, 0) is 70.6 Å². The Morgan fingerprint density at radius 3 is 1.44 bits per heavy atom. The highest BCUT2D eigenvalue weighted by molar-refractivity contribution is 7.47. The highest BCUT2D eigenvalue weighted by Crippen LogP contribution is 2.43. The van der Waals surface area contributed by atoms with E-state index >= 15 is 0 Å². The molecular formula is C54H102N2O6P+. The van der Waals surface area contributed by atoms with Crippen molar-refractivity contribution in [3.8, 4) is 0 Å². The molecule has 0 spiro atoms. The molecule has 0 heterocycles. The summed E-state index contributed by atoms with van der Waals surface area (Å²) < 4.78 is 23.6. The Bertz CT molecular complexity index is 1210. The van der Waals surface area contributed by atoms with Gasteiger partial charge in [-0.3, -0.25) is 13.8 Å². The molecule has 3 unspecified atom stereocenters. The Kier molecular flexibility index (Phi) is 44.1. The Hall–Kier alpha value is -1.80. The number of phosphoric ester groups is 1. The third-order valence-electron chi connectivity index (χ3n) is 11.4. The van der Waals surface area contributed by atoms with Crippen molar-refractivity contribution in [2.75, 3.05) is 40.9 Å². The predicted octanol–water partition coefficient (Wildman–Crippen LogP) is 15.4. The van der Waals surface area contributed by atoms with E-state index in [0.29, 0.717) is 17.4 Å². The number of aliphatic hydroxyl groups is 1. The minimum atomic E-state index is -4.36. The molecule has 3 atom stereocenters. The van der Waals surface area contributed by atoms with Crippen LogP contribution in [0, 0.1) is 0 Å². The van der Waals surface area contributed by atoms with Gasteiger partial charge in [0.2, 0.25) is 5.91 Å². The van der Waals surface area contributed by atoms with E-state index < -0.39 is 20.0 Å². The highest BCUT2D eigenvalue weighted by atomic mass is 31.2. The zero-order chi connectivity index (χ0) is 46.4. The van der Waals surface area contributed by atoms with Crippen LogP contribution in [0.2, 0.25) is 0 Å². The highest BCUT2D eigenvalue weighted by Gasteiger charge is 2.27. The van der Waals surface area contributed by atoms with Crippen molar-refractivity contribution >= 4 is 13.7 Å². The number of allylic oxidation sites excluding steroid dienone is 9. The van der Waals surface area contributed by atoms with E-state index in [2.05, 4.69) is 67.8 Å². The Morgan fingerprint density at radius 2 is 0.968 bits per heavy atom. The van der Waals surface area contributed by atoms with Crippen molar-refractivity contribution < 1.29 is 32.9 Å². The fraction of sp³-hybridized carbons (Fsp3) is 0.796. The topological polar surface area (TPSA) is 105 Å². The van der Waals surface area contributed by atoms with E-state index in [9.17, 15) is 19.4 Å². The second-order valence-corrected chi connectivity index (χ2v) is 20.3. The molecule has 0 rings (SSSR count).